The highest BCUT2D eigenvalue weighted by atomic mass is 35.5. The summed E-state index contributed by atoms with van der Waals surface area (Å²) in [7, 11) is 0. The van der Waals surface area contributed by atoms with Crippen LogP contribution in [0.4, 0.5) is 10.5 Å². The van der Waals surface area contributed by atoms with Crippen molar-refractivity contribution in [2.24, 2.45) is 5.41 Å². The van der Waals surface area contributed by atoms with Gasteiger partial charge >= 0.3 is 6.03 Å². The third kappa shape index (κ3) is 4.37. The van der Waals surface area contributed by atoms with Gasteiger partial charge in [0.15, 0.2) is 0 Å². The van der Waals surface area contributed by atoms with Crippen LogP contribution in [-0.4, -0.2) is 24.0 Å². The summed E-state index contributed by atoms with van der Waals surface area (Å²) in [6.45, 7) is 9.99. The van der Waals surface area contributed by atoms with Gasteiger partial charge in [-0.25, -0.2) is 4.79 Å². The Morgan fingerprint density at radius 3 is 2.46 bits per heavy atom. The van der Waals surface area contributed by atoms with Crippen LogP contribution in [0.3, 0.4) is 0 Å². The second-order valence-corrected chi connectivity index (χ2v) is 8.49. The number of aryl methyl sites for hydroxylation is 1. The number of anilines is 1. The lowest BCUT2D eigenvalue weighted by Crippen LogP contribution is -2.58. The zero-order valence-electron chi connectivity index (χ0n) is 16.4. The van der Waals surface area contributed by atoms with Gasteiger partial charge in [-0.2, -0.15) is 0 Å². The van der Waals surface area contributed by atoms with Crippen LogP contribution in [0.2, 0.25) is 10.0 Å². The number of hydrogen-bond donors (Lipinski definition) is 0. The first-order valence-corrected chi connectivity index (χ1v) is 10.3. The molecule has 2 aromatic carbocycles. The fourth-order valence-electron chi connectivity index (χ4n) is 3.80. The van der Waals surface area contributed by atoms with Crippen LogP contribution < -0.4 is 4.90 Å². The van der Waals surface area contributed by atoms with Crippen LogP contribution in [-0.2, 0) is 6.54 Å². The molecule has 1 unspecified atom stereocenters. The second kappa shape index (κ2) is 8.59. The molecule has 0 N–H and O–H groups in total. The second-order valence-electron chi connectivity index (χ2n) is 7.64. The summed E-state index contributed by atoms with van der Waals surface area (Å²) in [5.41, 5.74) is 2.95. The molecule has 5 heteroatoms. The minimum absolute atomic E-state index is 0.00278. The van der Waals surface area contributed by atoms with E-state index in [0.717, 1.165) is 24.1 Å². The summed E-state index contributed by atoms with van der Waals surface area (Å²) >= 11 is 12.4. The maximum atomic E-state index is 13.4. The maximum Gasteiger partial charge on any atom is 0.324 e. The van der Waals surface area contributed by atoms with Gasteiger partial charge in [-0.15, -0.1) is 6.58 Å². The van der Waals surface area contributed by atoms with Crippen molar-refractivity contribution in [3.05, 3.63) is 76.3 Å². The van der Waals surface area contributed by atoms with Crippen molar-refractivity contribution in [1.29, 1.82) is 0 Å². The molecular weight excluding hydrogens is 391 g/mol. The Kier molecular flexibility index (Phi) is 6.36. The fourth-order valence-corrected chi connectivity index (χ4v) is 4.27. The first kappa shape index (κ1) is 20.8. The molecule has 1 aliphatic rings. The Bertz CT molecular complexity index is 865. The number of rotatable bonds is 6. The van der Waals surface area contributed by atoms with Crippen LogP contribution in [0.15, 0.2) is 55.1 Å². The molecular formula is C23H26Cl2N2O. The Labute approximate surface area is 177 Å². The number of carbonyl (C=O) groups excluding carboxylic acids is 1. The monoisotopic (exact) mass is 416 g/mol. The Morgan fingerprint density at radius 2 is 1.86 bits per heavy atom. The summed E-state index contributed by atoms with van der Waals surface area (Å²) < 4.78 is 0. The average molecular weight is 417 g/mol. The number of amides is 2. The first-order chi connectivity index (χ1) is 13.4. The zero-order valence-corrected chi connectivity index (χ0v) is 17.9. The van der Waals surface area contributed by atoms with Crippen LogP contribution in [0.5, 0.6) is 0 Å². The molecule has 1 aliphatic heterocycles. The van der Waals surface area contributed by atoms with E-state index in [-0.39, 0.29) is 11.4 Å². The lowest BCUT2D eigenvalue weighted by Gasteiger charge is -2.47. The number of allylic oxidation sites excluding steroid dienone is 1. The SMILES string of the molecule is C=CCC1(CC)CN(Cc2ccc(Cl)cc2Cl)C(=O)N(c2ccc(C)cc2)C1. The van der Waals surface area contributed by atoms with Gasteiger partial charge in [-0.1, -0.05) is 60.0 Å². The number of carbonyl (C=O) groups is 1. The number of benzene rings is 2. The quantitative estimate of drug-likeness (QED) is 0.479. The van der Waals surface area contributed by atoms with Crippen molar-refractivity contribution >= 4 is 34.9 Å². The van der Waals surface area contributed by atoms with Crippen LogP contribution in [0, 0.1) is 12.3 Å². The Balaban J connectivity index is 1.96. The highest BCUT2D eigenvalue weighted by Crippen LogP contribution is 2.37. The van der Waals surface area contributed by atoms with Gasteiger partial charge in [0.05, 0.1) is 0 Å². The van der Waals surface area contributed by atoms with E-state index in [9.17, 15) is 4.79 Å². The van der Waals surface area contributed by atoms with Crippen molar-refractivity contribution in [3.63, 3.8) is 0 Å². The molecule has 3 rings (SSSR count). The smallest absolute Gasteiger partial charge is 0.319 e. The Hall–Kier alpha value is -1.97. The molecule has 2 amide bonds. The largest absolute Gasteiger partial charge is 0.324 e. The molecule has 0 aromatic heterocycles. The van der Waals surface area contributed by atoms with Gasteiger partial charge in [0.2, 0.25) is 0 Å². The van der Waals surface area contributed by atoms with E-state index < -0.39 is 0 Å². The number of urea groups is 1. The summed E-state index contributed by atoms with van der Waals surface area (Å²) in [6.07, 6.45) is 3.77. The highest BCUT2D eigenvalue weighted by molar-refractivity contribution is 6.35. The molecule has 2 aromatic rings. The molecule has 0 bridgehead atoms. The predicted octanol–water partition coefficient (Wildman–Crippen LogP) is 6.72. The van der Waals surface area contributed by atoms with Gasteiger partial charge in [0.25, 0.3) is 0 Å². The molecule has 1 atom stereocenters. The predicted molar refractivity (Wildman–Crippen MR) is 118 cm³/mol. The van der Waals surface area contributed by atoms with Crippen LogP contribution in [0.1, 0.15) is 30.9 Å². The van der Waals surface area contributed by atoms with E-state index in [1.165, 1.54) is 5.56 Å². The zero-order chi connectivity index (χ0) is 20.3. The topological polar surface area (TPSA) is 23.6 Å². The van der Waals surface area contributed by atoms with Gasteiger partial charge in [-0.3, -0.25) is 4.90 Å². The van der Waals surface area contributed by atoms with Crippen molar-refractivity contribution in [1.82, 2.24) is 4.90 Å². The van der Waals surface area contributed by atoms with E-state index in [4.69, 9.17) is 23.2 Å². The molecule has 1 heterocycles. The summed E-state index contributed by atoms with van der Waals surface area (Å²) in [6, 6.07) is 13.5. The molecule has 1 saturated heterocycles. The van der Waals surface area contributed by atoms with Gasteiger partial charge in [0.1, 0.15) is 0 Å². The first-order valence-electron chi connectivity index (χ1n) is 9.55. The minimum atomic E-state index is -0.0422. The molecule has 0 saturated carbocycles. The average Bonchev–Trinajstić information content (AvgIpc) is 2.67. The third-order valence-corrected chi connectivity index (χ3v) is 6.16. The number of hydrogen-bond acceptors (Lipinski definition) is 1. The van der Waals surface area contributed by atoms with Crippen molar-refractivity contribution < 1.29 is 4.79 Å². The van der Waals surface area contributed by atoms with E-state index >= 15 is 0 Å². The van der Waals surface area contributed by atoms with Crippen molar-refractivity contribution in [2.75, 3.05) is 18.0 Å². The van der Waals surface area contributed by atoms with Gasteiger partial charge < -0.3 is 4.90 Å². The van der Waals surface area contributed by atoms with E-state index in [1.54, 1.807) is 6.07 Å². The van der Waals surface area contributed by atoms with E-state index in [0.29, 0.717) is 29.7 Å². The molecule has 148 valence electrons. The number of halogens is 2. The highest BCUT2D eigenvalue weighted by Gasteiger charge is 2.41. The number of nitrogens with zero attached hydrogens (tertiary/aromatic N) is 2. The molecule has 0 spiro atoms. The lowest BCUT2D eigenvalue weighted by molar-refractivity contribution is 0.125. The molecule has 1 fully saturated rings. The Morgan fingerprint density at radius 1 is 1.14 bits per heavy atom. The summed E-state index contributed by atoms with van der Waals surface area (Å²) in [5, 5.41) is 1.17. The molecule has 28 heavy (non-hydrogen) atoms. The normalized spacial score (nSPS) is 19.8. The molecule has 0 radical (unpaired) electrons. The van der Waals surface area contributed by atoms with Crippen LogP contribution in [0.25, 0.3) is 0 Å². The molecule has 3 nitrogen and oxygen atoms in total. The lowest BCUT2D eigenvalue weighted by atomic mass is 9.79. The van der Waals surface area contributed by atoms with E-state index in [2.05, 4.69) is 13.5 Å². The fraction of sp³-hybridized carbons (Fsp3) is 0.348. The van der Waals surface area contributed by atoms with Crippen LogP contribution >= 0.6 is 23.2 Å². The molecule has 0 aliphatic carbocycles. The summed E-state index contributed by atoms with van der Waals surface area (Å²) in [4.78, 5) is 17.1. The standard InChI is InChI=1S/C23H26Cl2N2O/c1-4-12-23(5-2)15-26(14-18-8-9-19(24)13-21(18)25)22(28)27(16-23)20-10-6-17(3)7-11-20/h4,6-11,13H,1,5,12,14-16H2,2-3H3. The van der Waals surface area contributed by atoms with Gasteiger partial charge in [0, 0.05) is 40.8 Å². The van der Waals surface area contributed by atoms with E-state index in [1.807, 2.05) is 59.2 Å². The maximum absolute atomic E-state index is 13.4. The summed E-state index contributed by atoms with van der Waals surface area (Å²) in [5.74, 6) is 0. The minimum Gasteiger partial charge on any atom is -0.319 e. The van der Waals surface area contributed by atoms with Gasteiger partial charge in [-0.05, 0) is 49.6 Å². The third-order valence-electron chi connectivity index (χ3n) is 5.57. The van der Waals surface area contributed by atoms with Crippen molar-refractivity contribution in [3.8, 4) is 0 Å². The van der Waals surface area contributed by atoms with Crippen molar-refractivity contribution in [2.45, 2.75) is 33.2 Å².